The Morgan fingerprint density at radius 1 is 1.21 bits per heavy atom. The van der Waals surface area contributed by atoms with Gasteiger partial charge >= 0.3 is 0 Å². The zero-order valence-electron chi connectivity index (χ0n) is 19.5. The van der Waals surface area contributed by atoms with E-state index in [2.05, 4.69) is 10.2 Å². The Morgan fingerprint density at radius 2 is 1.97 bits per heavy atom. The van der Waals surface area contributed by atoms with Gasteiger partial charge in [-0.3, -0.25) is 24.6 Å². The SMILES string of the molecule is Cc1ccc(C(=O)C2=C(O)C(=O)N(c3nnc(SCc4ccc(Cl)cc4)s3)C2c2cccc([N+](=O)[O-])c2)o1. The van der Waals surface area contributed by atoms with Crippen LogP contribution in [0.15, 0.2) is 80.8 Å². The highest BCUT2D eigenvalue weighted by atomic mass is 35.5. The Morgan fingerprint density at radius 3 is 2.66 bits per heavy atom. The monoisotopic (exact) mass is 568 g/mol. The number of halogens is 1. The highest BCUT2D eigenvalue weighted by molar-refractivity contribution is 8.00. The first-order chi connectivity index (χ1) is 18.2. The average molecular weight is 569 g/mol. The molecule has 1 unspecified atom stereocenters. The van der Waals surface area contributed by atoms with Crippen molar-refractivity contribution in [2.24, 2.45) is 0 Å². The van der Waals surface area contributed by atoms with Crippen LogP contribution in [0.3, 0.4) is 0 Å². The highest BCUT2D eigenvalue weighted by Gasteiger charge is 2.47. The highest BCUT2D eigenvalue weighted by Crippen LogP contribution is 2.44. The van der Waals surface area contributed by atoms with E-state index in [1.54, 1.807) is 25.1 Å². The lowest BCUT2D eigenvalue weighted by atomic mass is 9.95. The number of rotatable bonds is 8. The van der Waals surface area contributed by atoms with Crippen LogP contribution in [0.5, 0.6) is 0 Å². The predicted molar refractivity (Wildman–Crippen MR) is 142 cm³/mol. The molecule has 0 bridgehead atoms. The summed E-state index contributed by atoms with van der Waals surface area (Å²) in [6.45, 7) is 1.65. The van der Waals surface area contributed by atoms with Gasteiger partial charge in [0, 0.05) is 22.9 Å². The van der Waals surface area contributed by atoms with Crippen LogP contribution in [0.25, 0.3) is 0 Å². The topological polar surface area (TPSA) is 140 Å². The standard InChI is InChI=1S/C25H17ClN4O6S2/c1-13-5-10-18(36-13)21(31)19-20(15-3-2-4-17(11-15)30(34)35)29(23(33)22(19)32)24-27-28-25(38-24)37-12-14-6-8-16(26)9-7-14/h2-11,20,32H,12H2,1H3. The number of aryl methyl sites for hydroxylation is 1. The van der Waals surface area contributed by atoms with Gasteiger partial charge in [-0.05, 0) is 42.3 Å². The normalized spacial score (nSPS) is 15.4. The second-order valence-corrected chi connectivity index (χ2v) is 10.8. The molecule has 0 saturated carbocycles. The molecule has 4 aromatic rings. The van der Waals surface area contributed by atoms with Gasteiger partial charge in [0.15, 0.2) is 15.9 Å². The van der Waals surface area contributed by atoms with Crippen molar-refractivity contribution in [2.45, 2.75) is 23.1 Å². The van der Waals surface area contributed by atoms with E-state index in [0.29, 0.717) is 20.9 Å². The van der Waals surface area contributed by atoms with Crippen LogP contribution in [0.4, 0.5) is 10.8 Å². The maximum absolute atomic E-state index is 13.4. The molecule has 1 aliphatic rings. The number of ketones is 1. The summed E-state index contributed by atoms with van der Waals surface area (Å²) < 4.78 is 5.99. The summed E-state index contributed by atoms with van der Waals surface area (Å²) in [5.41, 5.74) is 0.742. The Labute approximate surface area is 228 Å². The summed E-state index contributed by atoms with van der Waals surface area (Å²) in [5, 5.41) is 31.3. The molecule has 5 rings (SSSR count). The number of carbonyl (C=O) groups is 2. The van der Waals surface area contributed by atoms with E-state index in [9.17, 15) is 24.8 Å². The van der Waals surface area contributed by atoms with Gasteiger partial charge in [-0.2, -0.15) is 0 Å². The molecule has 1 atom stereocenters. The number of nitro groups is 1. The van der Waals surface area contributed by atoms with Crippen molar-refractivity contribution >= 4 is 57.2 Å². The van der Waals surface area contributed by atoms with Crippen LogP contribution in [0.2, 0.25) is 5.02 Å². The average Bonchev–Trinajstić information content (AvgIpc) is 3.62. The van der Waals surface area contributed by atoms with Crippen molar-refractivity contribution in [3.05, 3.63) is 110 Å². The van der Waals surface area contributed by atoms with Gasteiger partial charge in [-0.15, -0.1) is 10.2 Å². The van der Waals surface area contributed by atoms with Crippen molar-refractivity contribution in [2.75, 3.05) is 4.90 Å². The van der Waals surface area contributed by atoms with Gasteiger partial charge in [0.05, 0.1) is 16.5 Å². The van der Waals surface area contributed by atoms with E-state index in [-0.39, 0.29) is 27.7 Å². The van der Waals surface area contributed by atoms with Crippen LogP contribution >= 0.6 is 34.7 Å². The lowest BCUT2D eigenvalue weighted by molar-refractivity contribution is -0.384. The Balaban J connectivity index is 1.52. The summed E-state index contributed by atoms with van der Waals surface area (Å²) >= 11 is 8.42. The second-order valence-electron chi connectivity index (χ2n) is 8.20. The van der Waals surface area contributed by atoms with E-state index >= 15 is 0 Å². The molecule has 1 amide bonds. The lowest BCUT2D eigenvalue weighted by Crippen LogP contribution is -2.31. The van der Waals surface area contributed by atoms with Gasteiger partial charge in [-0.1, -0.05) is 59.0 Å². The zero-order valence-corrected chi connectivity index (χ0v) is 21.9. The number of hydrogen-bond donors (Lipinski definition) is 1. The van der Waals surface area contributed by atoms with E-state index in [4.69, 9.17) is 16.0 Å². The number of nitro benzene ring substituents is 1. The number of thioether (sulfide) groups is 1. The molecule has 0 radical (unpaired) electrons. The number of Topliss-reactive ketones (excluding diaryl/α,β-unsaturated/α-hetero) is 1. The fourth-order valence-electron chi connectivity index (χ4n) is 3.93. The lowest BCUT2D eigenvalue weighted by Gasteiger charge is -2.23. The number of benzene rings is 2. The summed E-state index contributed by atoms with van der Waals surface area (Å²) in [5.74, 6) is -1.42. The minimum absolute atomic E-state index is 0.0781. The van der Waals surface area contributed by atoms with Crippen LogP contribution in [0.1, 0.15) is 33.5 Å². The molecule has 0 spiro atoms. The number of furan rings is 1. The molecular weight excluding hydrogens is 552 g/mol. The molecule has 0 saturated heterocycles. The molecule has 2 aromatic carbocycles. The molecule has 13 heteroatoms. The van der Waals surface area contributed by atoms with Crippen LogP contribution < -0.4 is 4.90 Å². The first-order valence-electron chi connectivity index (χ1n) is 11.1. The first kappa shape index (κ1) is 25.6. The number of non-ortho nitro benzene ring substituents is 1. The molecule has 3 heterocycles. The maximum atomic E-state index is 13.4. The summed E-state index contributed by atoms with van der Waals surface area (Å²) in [6, 6.07) is 14.7. The molecule has 192 valence electrons. The molecular formula is C25H17ClN4O6S2. The van der Waals surface area contributed by atoms with Crippen molar-refractivity contribution in [3.8, 4) is 0 Å². The van der Waals surface area contributed by atoms with Gasteiger partial charge in [0.1, 0.15) is 5.76 Å². The summed E-state index contributed by atoms with van der Waals surface area (Å²) in [7, 11) is 0. The smallest absolute Gasteiger partial charge is 0.296 e. The van der Waals surface area contributed by atoms with Crippen molar-refractivity contribution < 1.29 is 24.0 Å². The van der Waals surface area contributed by atoms with Gasteiger partial charge < -0.3 is 9.52 Å². The Hall–Kier alpha value is -4.00. The Kier molecular flexibility index (Phi) is 7.02. The number of aliphatic hydroxyl groups excluding tert-OH is 1. The molecule has 10 nitrogen and oxygen atoms in total. The summed E-state index contributed by atoms with van der Waals surface area (Å²) in [4.78, 5) is 38.7. The number of aliphatic hydroxyl groups is 1. The van der Waals surface area contributed by atoms with Crippen molar-refractivity contribution in [1.82, 2.24) is 10.2 Å². The zero-order chi connectivity index (χ0) is 27.0. The van der Waals surface area contributed by atoms with Crippen molar-refractivity contribution in [1.29, 1.82) is 0 Å². The number of amides is 1. The fraction of sp³-hybridized carbons (Fsp3) is 0.120. The number of hydrogen-bond acceptors (Lipinski definition) is 10. The third kappa shape index (κ3) is 4.93. The van der Waals surface area contributed by atoms with E-state index < -0.39 is 28.4 Å². The molecule has 0 fully saturated rings. The predicted octanol–water partition coefficient (Wildman–Crippen LogP) is 6.08. The molecule has 1 N–H and O–H groups in total. The number of anilines is 1. The second kappa shape index (κ2) is 10.4. The van der Waals surface area contributed by atoms with Crippen LogP contribution in [-0.2, 0) is 10.5 Å². The van der Waals surface area contributed by atoms with Gasteiger partial charge in [0.2, 0.25) is 10.9 Å². The van der Waals surface area contributed by atoms with Crippen LogP contribution in [0, 0.1) is 17.0 Å². The third-order valence-electron chi connectivity index (χ3n) is 5.69. The largest absolute Gasteiger partial charge is 0.503 e. The van der Waals surface area contributed by atoms with Gasteiger partial charge in [-0.25, -0.2) is 0 Å². The number of carbonyl (C=O) groups excluding carboxylic acids is 2. The molecule has 1 aliphatic heterocycles. The first-order valence-corrected chi connectivity index (χ1v) is 13.2. The van der Waals surface area contributed by atoms with Gasteiger partial charge in [0.25, 0.3) is 11.6 Å². The minimum Gasteiger partial charge on any atom is -0.503 e. The Bertz CT molecular complexity index is 1600. The molecule has 0 aliphatic carbocycles. The quantitative estimate of drug-likeness (QED) is 0.0880. The number of aromatic nitrogens is 2. The third-order valence-corrected chi connectivity index (χ3v) is 8.07. The molecule has 38 heavy (non-hydrogen) atoms. The van der Waals surface area contributed by atoms with E-state index in [0.717, 1.165) is 21.8 Å². The fourth-order valence-corrected chi connectivity index (χ4v) is 5.88. The summed E-state index contributed by atoms with van der Waals surface area (Å²) in [6.07, 6.45) is 0. The van der Waals surface area contributed by atoms with E-state index in [1.807, 2.05) is 12.1 Å². The minimum atomic E-state index is -1.19. The van der Waals surface area contributed by atoms with E-state index in [1.165, 1.54) is 42.1 Å². The van der Waals surface area contributed by atoms with Crippen molar-refractivity contribution in [3.63, 3.8) is 0 Å². The molecule has 2 aromatic heterocycles. The van der Waals surface area contributed by atoms with Crippen LogP contribution in [-0.4, -0.2) is 31.9 Å². The maximum Gasteiger partial charge on any atom is 0.296 e. The number of nitrogens with zero attached hydrogens (tertiary/aromatic N) is 4.